The fourth-order valence-electron chi connectivity index (χ4n) is 1.94. The van der Waals surface area contributed by atoms with Crippen LogP contribution < -0.4 is 10.2 Å². The molecule has 0 bridgehead atoms. The molecule has 1 N–H and O–H groups in total. The van der Waals surface area contributed by atoms with Crippen molar-refractivity contribution in [1.82, 2.24) is 10.3 Å². The van der Waals surface area contributed by atoms with Crippen LogP contribution in [0.15, 0.2) is 18.3 Å². The van der Waals surface area contributed by atoms with E-state index in [-0.39, 0.29) is 6.04 Å². The Bertz CT molecular complexity index is 399. The third kappa shape index (κ3) is 4.38. The first-order valence-electron chi connectivity index (χ1n) is 6.48. The maximum absolute atomic E-state index is 12.5. The SMILES string of the molecule is CCNCc1ccc(N(CC(F)(F)F)C2CC2)nc1. The predicted molar refractivity (Wildman–Crippen MR) is 68.0 cm³/mol. The molecule has 0 aliphatic heterocycles. The van der Waals surface area contributed by atoms with E-state index in [1.807, 2.05) is 13.0 Å². The fraction of sp³-hybridized carbons (Fsp3) is 0.615. The quantitative estimate of drug-likeness (QED) is 0.863. The maximum Gasteiger partial charge on any atom is 0.405 e. The number of aromatic nitrogens is 1. The standard InChI is InChI=1S/C13H18F3N3/c1-2-17-7-10-3-6-12(18-8-10)19(11-4-5-11)9-13(14,15)16/h3,6,8,11,17H,2,4-5,7,9H2,1H3. The van der Waals surface area contributed by atoms with Gasteiger partial charge in [-0.15, -0.1) is 0 Å². The summed E-state index contributed by atoms with van der Waals surface area (Å²) in [5.41, 5.74) is 0.980. The summed E-state index contributed by atoms with van der Waals surface area (Å²) in [5.74, 6) is 0.417. The highest BCUT2D eigenvalue weighted by Gasteiger charge is 2.38. The van der Waals surface area contributed by atoms with Crippen LogP contribution in [0.1, 0.15) is 25.3 Å². The molecule has 1 aliphatic rings. The minimum absolute atomic E-state index is 0.00579. The largest absolute Gasteiger partial charge is 0.405 e. The van der Waals surface area contributed by atoms with Gasteiger partial charge in [-0.1, -0.05) is 13.0 Å². The van der Waals surface area contributed by atoms with Gasteiger partial charge in [0, 0.05) is 18.8 Å². The lowest BCUT2D eigenvalue weighted by Gasteiger charge is -2.24. The Kier molecular flexibility index (Phi) is 4.29. The molecule has 2 rings (SSSR count). The number of hydrogen-bond acceptors (Lipinski definition) is 3. The molecule has 0 amide bonds. The zero-order valence-electron chi connectivity index (χ0n) is 10.9. The molecule has 0 saturated heterocycles. The summed E-state index contributed by atoms with van der Waals surface area (Å²) in [6.45, 7) is 2.62. The van der Waals surface area contributed by atoms with Crippen molar-refractivity contribution in [2.45, 2.75) is 38.5 Å². The summed E-state index contributed by atoms with van der Waals surface area (Å²) in [6.07, 6.45) is -0.912. The number of hydrogen-bond donors (Lipinski definition) is 1. The summed E-state index contributed by atoms with van der Waals surface area (Å²) < 4.78 is 37.6. The van der Waals surface area contributed by atoms with Crippen LogP contribution in [0, 0.1) is 0 Å². The molecule has 1 aliphatic carbocycles. The molecular formula is C13H18F3N3. The average Bonchev–Trinajstić information content (AvgIpc) is 3.17. The van der Waals surface area contributed by atoms with Crippen molar-refractivity contribution in [1.29, 1.82) is 0 Å². The summed E-state index contributed by atoms with van der Waals surface area (Å²) >= 11 is 0. The number of rotatable bonds is 6. The van der Waals surface area contributed by atoms with E-state index >= 15 is 0 Å². The van der Waals surface area contributed by atoms with E-state index in [0.29, 0.717) is 12.4 Å². The Hall–Kier alpha value is -1.30. The smallest absolute Gasteiger partial charge is 0.345 e. The first kappa shape index (κ1) is 14.1. The summed E-state index contributed by atoms with van der Waals surface area (Å²) in [4.78, 5) is 5.52. The Morgan fingerprint density at radius 2 is 2.11 bits per heavy atom. The zero-order chi connectivity index (χ0) is 13.9. The van der Waals surface area contributed by atoms with Gasteiger partial charge >= 0.3 is 6.18 Å². The van der Waals surface area contributed by atoms with Gasteiger partial charge in [-0.2, -0.15) is 13.2 Å². The van der Waals surface area contributed by atoms with Gasteiger partial charge in [-0.05, 0) is 31.0 Å². The van der Waals surface area contributed by atoms with Crippen LogP contribution in [-0.4, -0.2) is 30.3 Å². The average molecular weight is 273 g/mol. The molecule has 19 heavy (non-hydrogen) atoms. The third-order valence-electron chi connectivity index (χ3n) is 3.02. The van der Waals surface area contributed by atoms with Crippen LogP contribution in [-0.2, 0) is 6.54 Å². The van der Waals surface area contributed by atoms with E-state index in [2.05, 4.69) is 10.3 Å². The Labute approximate surface area is 110 Å². The number of halogens is 3. The highest BCUT2D eigenvalue weighted by molar-refractivity contribution is 5.42. The Balaban J connectivity index is 2.05. The molecule has 1 heterocycles. The highest BCUT2D eigenvalue weighted by Crippen LogP contribution is 2.33. The third-order valence-corrected chi connectivity index (χ3v) is 3.02. The van der Waals surface area contributed by atoms with Gasteiger partial charge in [0.1, 0.15) is 12.4 Å². The molecule has 6 heteroatoms. The topological polar surface area (TPSA) is 28.2 Å². The van der Waals surface area contributed by atoms with Crippen molar-refractivity contribution < 1.29 is 13.2 Å². The second kappa shape index (κ2) is 5.77. The molecule has 3 nitrogen and oxygen atoms in total. The van der Waals surface area contributed by atoms with E-state index in [1.54, 1.807) is 12.3 Å². The van der Waals surface area contributed by atoms with Gasteiger partial charge in [0.2, 0.25) is 0 Å². The molecule has 1 fully saturated rings. The minimum atomic E-state index is -4.19. The molecule has 1 aromatic rings. The molecule has 0 radical (unpaired) electrons. The number of alkyl halides is 3. The van der Waals surface area contributed by atoms with E-state index < -0.39 is 12.7 Å². The maximum atomic E-state index is 12.5. The predicted octanol–water partition coefficient (Wildman–Crippen LogP) is 2.72. The van der Waals surface area contributed by atoms with E-state index in [0.717, 1.165) is 24.9 Å². The van der Waals surface area contributed by atoms with Gasteiger partial charge in [0.05, 0.1) is 0 Å². The van der Waals surface area contributed by atoms with Crippen LogP contribution in [0.25, 0.3) is 0 Å². The summed E-state index contributed by atoms with van der Waals surface area (Å²) in [5, 5.41) is 3.15. The molecule has 1 aromatic heterocycles. The molecule has 0 unspecified atom stereocenters. The first-order valence-corrected chi connectivity index (χ1v) is 6.48. The molecular weight excluding hydrogens is 255 g/mol. The van der Waals surface area contributed by atoms with Gasteiger partial charge < -0.3 is 10.2 Å². The normalized spacial score (nSPS) is 15.6. The minimum Gasteiger partial charge on any atom is -0.345 e. The highest BCUT2D eigenvalue weighted by atomic mass is 19.4. The van der Waals surface area contributed by atoms with Gasteiger partial charge in [0.25, 0.3) is 0 Å². The van der Waals surface area contributed by atoms with E-state index in [4.69, 9.17) is 0 Å². The number of nitrogens with zero attached hydrogens (tertiary/aromatic N) is 2. The molecule has 0 spiro atoms. The van der Waals surface area contributed by atoms with Crippen LogP contribution in [0.2, 0.25) is 0 Å². The number of anilines is 1. The van der Waals surface area contributed by atoms with Crippen molar-refractivity contribution in [3.63, 3.8) is 0 Å². The molecule has 1 saturated carbocycles. The second-order valence-corrected chi connectivity index (χ2v) is 4.78. The van der Waals surface area contributed by atoms with E-state index in [9.17, 15) is 13.2 Å². The Morgan fingerprint density at radius 3 is 2.58 bits per heavy atom. The van der Waals surface area contributed by atoms with Crippen LogP contribution in [0.3, 0.4) is 0 Å². The van der Waals surface area contributed by atoms with Gasteiger partial charge in [-0.25, -0.2) is 4.98 Å². The fourth-order valence-corrected chi connectivity index (χ4v) is 1.94. The lowest BCUT2D eigenvalue weighted by Crippen LogP contribution is -2.36. The summed E-state index contributed by atoms with van der Waals surface area (Å²) in [7, 11) is 0. The zero-order valence-corrected chi connectivity index (χ0v) is 10.9. The van der Waals surface area contributed by atoms with Crippen molar-refractivity contribution in [2.24, 2.45) is 0 Å². The van der Waals surface area contributed by atoms with Crippen LogP contribution in [0.5, 0.6) is 0 Å². The summed E-state index contributed by atoms with van der Waals surface area (Å²) in [6, 6.07) is 3.50. The van der Waals surface area contributed by atoms with Gasteiger partial charge in [0.15, 0.2) is 0 Å². The van der Waals surface area contributed by atoms with Crippen LogP contribution >= 0.6 is 0 Å². The molecule has 106 valence electrons. The van der Waals surface area contributed by atoms with Crippen molar-refractivity contribution in [3.05, 3.63) is 23.9 Å². The lowest BCUT2D eigenvalue weighted by molar-refractivity contribution is -0.120. The number of pyridine rings is 1. The van der Waals surface area contributed by atoms with Gasteiger partial charge in [-0.3, -0.25) is 0 Å². The van der Waals surface area contributed by atoms with Crippen molar-refractivity contribution in [3.8, 4) is 0 Å². The van der Waals surface area contributed by atoms with Crippen molar-refractivity contribution >= 4 is 5.82 Å². The number of nitrogens with one attached hydrogen (secondary N) is 1. The second-order valence-electron chi connectivity index (χ2n) is 4.78. The monoisotopic (exact) mass is 273 g/mol. The first-order chi connectivity index (χ1) is 8.99. The van der Waals surface area contributed by atoms with Crippen molar-refractivity contribution in [2.75, 3.05) is 18.0 Å². The Morgan fingerprint density at radius 1 is 1.37 bits per heavy atom. The lowest BCUT2D eigenvalue weighted by atomic mass is 10.2. The van der Waals surface area contributed by atoms with Crippen LogP contribution in [0.4, 0.5) is 19.0 Å². The molecule has 0 atom stereocenters. The molecule has 0 aromatic carbocycles. The van der Waals surface area contributed by atoms with E-state index in [1.165, 1.54) is 4.90 Å².